The van der Waals surface area contributed by atoms with Gasteiger partial charge in [0.25, 0.3) is 6.04 Å². The summed E-state index contributed by atoms with van der Waals surface area (Å²) in [6.45, 7) is 7.81. The highest BCUT2D eigenvalue weighted by Gasteiger charge is 2.31. The first-order chi connectivity index (χ1) is 16.2. The lowest BCUT2D eigenvalue weighted by Gasteiger charge is -2.22. The lowest BCUT2D eigenvalue weighted by Crippen LogP contribution is -2.44. The molecule has 0 fully saturated rings. The zero-order chi connectivity index (χ0) is 24.8. The summed E-state index contributed by atoms with van der Waals surface area (Å²) in [5, 5.41) is 15.6. The largest absolute Gasteiger partial charge is 0.623 e. The maximum absolute atomic E-state index is 12.8. The predicted octanol–water partition coefficient (Wildman–Crippen LogP) is 4.72. The molecule has 0 radical (unpaired) electrons. The average molecular weight is 467 g/mol. The number of rotatable bonds is 9. The Balaban J connectivity index is 1.70. The van der Waals surface area contributed by atoms with Crippen molar-refractivity contribution in [1.82, 2.24) is 5.32 Å². The quantitative estimate of drug-likeness (QED) is 0.190. The van der Waals surface area contributed by atoms with E-state index in [0.29, 0.717) is 11.2 Å². The number of methoxy groups -OCH3 is 1. The van der Waals surface area contributed by atoms with E-state index in [9.17, 15) is 14.8 Å². The van der Waals surface area contributed by atoms with E-state index in [1.54, 1.807) is 0 Å². The second kappa shape index (κ2) is 11.2. The van der Waals surface area contributed by atoms with Gasteiger partial charge in [0.1, 0.15) is 12.6 Å². The Morgan fingerprint density at radius 1 is 1.03 bits per heavy atom. The second-order valence-electron chi connectivity index (χ2n) is 9.42. The third-order valence-corrected chi connectivity index (χ3v) is 6.13. The van der Waals surface area contributed by atoms with E-state index >= 15 is 0 Å². The molecule has 2 aromatic carbocycles. The number of benzene rings is 2. The van der Waals surface area contributed by atoms with Gasteiger partial charge in [-0.15, -0.1) is 0 Å². The van der Waals surface area contributed by atoms with Crippen LogP contribution in [-0.2, 0) is 14.3 Å². The van der Waals surface area contributed by atoms with Gasteiger partial charge in [0.15, 0.2) is 6.21 Å². The van der Waals surface area contributed by atoms with Crippen LogP contribution in [0.4, 0.5) is 4.79 Å². The van der Waals surface area contributed by atoms with Crippen LogP contribution in [-0.4, -0.2) is 48.8 Å². The van der Waals surface area contributed by atoms with Gasteiger partial charge in [-0.3, -0.25) is 0 Å². The Hall–Kier alpha value is -3.35. The average Bonchev–Trinajstić information content (AvgIpc) is 3.13. The van der Waals surface area contributed by atoms with E-state index in [0.717, 1.165) is 22.3 Å². The molecule has 1 aliphatic carbocycles. The first kappa shape index (κ1) is 25.3. The van der Waals surface area contributed by atoms with Crippen molar-refractivity contribution in [3.63, 3.8) is 0 Å². The van der Waals surface area contributed by atoms with E-state index in [-0.39, 0.29) is 24.4 Å². The number of ether oxygens (including phenoxy) is 2. The molecule has 182 valence electrons. The van der Waals surface area contributed by atoms with Crippen LogP contribution >= 0.6 is 0 Å². The number of amides is 1. The molecule has 34 heavy (non-hydrogen) atoms. The Morgan fingerprint density at radius 2 is 1.59 bits per heavy atom. The van der Waals surface area contributed by atoms with E-state index in [4.69, 9.17) is 9.47 Å². The van der Waals surface area contributed by atoms with Gasteiger partial charge < -0.3 is 20.0 Å². The monoisotopic (exact) mass is 466 g/mol. The molecule has 0 saturated carbocycles. The highest BCUT2D eigenvalue weighted by atomic mass is 16.6. The Labute approximate surface area is 201 Å². The lowest BCUT2D eigenvalue weighted by molar-refractivity contribution is -0.488. The lowest BCUT2D eigenvalue weighted by atomic mass is 9.98. The van der Waals surface area contributed by atoms with Crippen molar-refractivity contribution in [2.45, 2.75) is 52.1 Å². The summed E-state index contributed by atoms with van der Waals surface area (Å²) in [4.78, 5) is 24.8. The zero-order valence-corrected chi connectivity index (χ0v) is 20.5. The highest BCUT2D eigenvalue weighted by Crippen LogP contribution is 2.44. The molecule has 0 unspecified atom stereocenters. The highest BCUT2D eigenvalue weighted by molar-refractivity contribution is 5.79. The molecule has 3 rings (SSSR count). The summed E-state index contributed by atoms with van der Waals surface area (Å²) < 4.78 is 11.0. The van der Waals surface area contributed by atoms with Crippen LogP contribution < -0.4 is 5.32 Å². The van der Waals surface area contributed by atoms with Gasteiger partial charge in [-0.2, -0.15) is 4.74 Å². The van der Waals surface area contributed by atoms with Crippen LogP contribution in [0.3, 0.4) is 0 Å². The Bertz CT molecular complexity index is 1000. The maximum Gasteiger partial charge on any atom is 0.407 e. The number of hydroxylamine groups is 1. The van der Waals surface area contributed by atoms with Gasteiger partial charge >= 0.3 is 12.1 Å². The molecule has 0 saturated heterocycles. The number of carbonyl (C=O) groups is 2. The third-order valence-electron chi connectivity index (χ3n) is 6.13. The predicted molar refractivity (Wildman–Crippen MR) is 132 cm³/mol. The number of alkyl carbamates (subject to hydrolysis) is 1. The van der Waals surface area contributed by atoms with Gasteiger partial charge in [-0.1, -0.05) is 76.2 Å². The fraction of sp³-hybridized carbons (Fsp3) is 0.444. The summed E-state index contributed by atoms with van der Waals surface area (Å²) in [6, 6.07) is 14.7. The standard InChI is InChI=1S/C27H34N2O5/c1-17(2)14-25(26(30)33-5)29(32)15-24(18(3)4)28-27(31)34-16-23-21-12-8-6-10-19(21)20-11-7-9-13-22(20)23/h6-13,15,17-18,23-25H,14,16H2,1-5H3,(H,28,31)/b29-15-/t24-,25+/m1/s1. The number of esters is 1. The minimum Gasteiger partial charge on any atom is -0.623 e. The smallest absolute Gasteiger partial charge is 0.407 e. The first-order valence-corrected chi connectivity index (χ1v) is 11.7. The topological polar surface area (TPSA) is 90.7 Å². The van der Waals surface area contributed by atoms with Gasteiger partial charge in [0.05, 0.1) is 7.11 Å². The summed E-state index contributed by atoms with van der Waals surface area (Å²) >= 11 is 0. The molecule has 0 aromatic heterocycles. The number of nitrogens with one attached hydrogen (secondary N) is 1. The molecule has 1 aliphatic rings. The van der Waals surface area contributed by atoms with Crippen molar-refractivity contribution in [3.05, 3.63) is 64.9 Å². The molecule has 2 atom stereocenters. The molecular formula is C27H34N2O5. The van der Waals surface area contributed by atoms with Crippen LogP contribution in [0, 0.1) is 17.0 Å². The molecule has 7 nitrogen and oxygen atoms in total. The van der Waals surface area contributed by atoms with E-state index in [2.05, 4.69) is 29.6 Å². The SMILES string of the molecule is COC(=O)[C@H](CC(C)C)/[N+]([O-])=C/[C@@H](NC(=O)OCC1c2ccccc2-c2ccccc21)C(C)C. The molecule has 2 aromatic rings. The van der Waals surface area contributed by atoms with Crippen LogP contribution in [0.25, 0.3) is 11.1 Å². The van der Waals surface area contributed by atoms with Crippen LogP contribution in [0.2, 0.25) is 0 Å². The number of hydrogen-bond donors (Lipinski definition) is 1. The molecular weight excluding hydrogens is 432 g/mol. The molecule has 0 bridgehead atoms. The number of nitrogens with zero attached hydrogens (tertiary/aromatic N) is 1. The molecule has 0 heterocycles. The maximum atomic E-state index is 12.8. The minimum atomic E-state index is -0.962. The number of carbonyl (C=O) groups excluding carboxylic acids is 2. The van der Waals surface area contributed by atoms with Gasteiger partial charge in [0, 0.05) is 12.3 Å². The normalized spacial score (nSPS) is 15.0. The van der Waals surface area contributed by atoms with Crippen LogP contribution in [0.5, 0.6) is 0 Å². The van der Waals surface area contributed by atoms with Gasteiger partial charge in [0.2, 0.25) is 0 Å². The van der Waals surface area contributed by atoms with E-state index < -0.39 is 24.1 Å². The molecule has 7 heteroatoms. The zero-order valence-electron chi connectivity index (χ0n) is 20.5. The van der Waals surface area contributed by atoms with E-state index in [1.165, 1.54) is 13.3 Å². The van der Waals surface area contributed by atoms with Crippen molar-refractivity contribution in [2.75, 3.05) is 13.7 Å². The summed E-state index contributed by atoms with van der Waals surface area (Å²) in [7, 11) is 1.26. The summed E-state index contributed by atoms with van der Waals surface area (Å²) in [5.41, 5.74) is 4.57. The summed E-state index contributed by atoms with van der Waals surface area (Å²) in [6.07, 6.45) is 1.07. The van der Waals surface area contributed by atoms with Crippen molar-refractivity contribution in [1.29, 1.82) is 0 Å². The Morgan fingerprint density at radius 3 is 2.09 bits per heavy atom. The van der Waals surface area contributed by atoms with Crippen molar-refractivity contribution in [3.8, 4) is 11.1 Å². The summed E-state index contributed by atoms with van der Waals surface area (Å²) in [5.74, 6) is -0.607. The number of hydrogen-bond acceptors (Lipinski definition) is 5. The molecule has 1 N–H and O–H groups in total. The number of fused-ring (bicyclic) bond motifs is 3. The van der Waals surface area contributed by atoms with Gasteiger partial charge in [-0.05, 0) is 34.1 Å². The molecule has 0 aliphatic heterocycles. The fourth-order valence-corrected chi connectivity index (χ4v) is 4.30. The molecule has 0 spiro atoms. The molecule has 1 amide bonds. The Kier molecular flexibility index (Phi) is 8.31. The fourth-order valence-electron chi connectivity index (χ4n) is 4.30. The second-order valence-corrected chi connectivity index (χ2v) is 9.42. The third kappa shape index (κ3) is 5.76. The van der Waals surface area contributed by atoms with Crippen LogP contribution in [0.15, 0.2) is 48.5 Å². The van der Waals surface area contributed by atoms with Crippen molar-refractivity contribution in [2.24, 2.45) is 11.8 Å². The van der Waals surface area contributed by atoms with E-state index in [1.807, 2.05) is 52.0 Å². The minimum absolute atomic E-state index is 0.0506. The van der Waals surface area contributed by atoms with Gasteiger partial charge in [-0.25, -0.2) is 9.59 Å². The van der Waals surface area contributed by atoms with Crippen molar-refractivity contribution < 1.29 is 23.8 Å². The van der Waals surface area contributed by atoms with Crippen LogP contribution in [0.1, 0.15) is 51.2 Å². The van der Waals surface area contributed by atoms with Crippen molar-refractivity contribution >= 4 is 18.3 Å². The first-order valence-electron chi connectivity index (χ1n) is 11.7.